The van der Waals surface area contributed by atoms with E-state index in [2.05, 4.69) is 34.2 Å². The van der Waals surface area contributed by atoms with Crippen molar-refractivity contribution < 1.29 is 0 Å². The normalized spacial score (nSPS) is 16.6. The van der Waals surface area contributed by atoms with Gasteiger partial charge in [0.05, 0.1) is 0 Å². The van der Waals surface area contributed by atoms with Crippen molar-refractivity contribution in [3.8, 4) is 0 Å². The second kappa shape index (κ2) is 6.03. The van der Waals surface area contributed by atoms with Crippen LogP contribution in [0.2, 0.25) is 0 Å². The van der Waals surface area contributed by atoms with Crippen LogP contribution in [-0.4, -0.2) is 30.1 Å². The van der Waals surface area contributed by atoms with Crippen LogP contribution in [0.4, 0.5) is 11.6 Å². The summed E-state index contributed by atoms with van der Waals surface area (Å²) in [5.74, 6) is 2.06. The molecule has 0 radical (unpaired) electrons. The summed E-state index contributed by atoms with van der Waals surface area (Å²) < 4.78 is 0. The molecule has 0 aromatic carbocycles. The number of rotatable bonds is 4. The zero-order valence-electron chi connectivity index (χ0n) is 11.7. The average Bonchev–Trinajstić information content (AvgIpc) is 2.46. The second-order valence-corrected chi connectivity index (χ2v) is 5.03. The Morgan fingerprint density at radius 3 is 2.61 bits per heavy atom. The number of anilines is 2. The van der Waals surface area contributed by atoms with Crippen LogP contribution in [0.1, 0.15) is 44.6 Å². The summed E-state index contributed by atoms with van der Waals surface area (Å²) in [5.41, 5.74) is 1.23. The summed E-state index contributed by atoms with van der Waals surface area (Å²) in [7, 11) is 4.10. The molecule has 1 aliphatic carbocycles. The number of hydrogen-bond acceptors (Lipinski definition) is 4. The van der Waals surface area contributed by atoms with Crippen LogP contribution >= 0.6 is 0 Å². The first-order valence-electron chi connectivity index (χ1n) is 7.02. The standard InChI is InChI=1S/C14H24N4/c1-4-12-13(15-2)16-10-17-14(12)18(3)11-8-6-5-7-9-11/h10-11H,4-9H2,1-3H3,(H,15,16,17). The molecule has 1 aliphatic rings. The van der Waals surface area contributed by atoms with E-state index in [0.717, 1.165) is 18.1 Å². The highest BCUT2D eigenvalue weighted by molar-refractivity contribution is 5.58. The van der Waals surface area contributed by atoms with E-state index in [4.69, 9.17) is 0 Å². The first-order chi connectivity index (χ1) is 8.77. The molecule has 0 saturated heterocycles. The molecule has 2 rings (SSSR count). The van der Waals surface area contributed by atoms with Gasteiger partial charge in [-0.25, -0.2) is 9.97 Å². The summed E-state index contributed by atoms with van der Waals surface area (Å²) in [6.45, 7) is 2.16. The summed E-state index contributed by atoms with van der Waals surface area (Å²) in [5, 5.41) is 3.17. The molecule has 1 heterocycles. The van der Waals surface area contributed by atoms with Gasteiger partial charge >= 0.3 is 0 Å². The molecular weight excluding hydrogens is 224 g/mol. The second-order valence-electron chi connectivity index (χ2n) is 5.03. The molecule has 1 saturated carbocycles. The SMILES string of the molecule is CCc1c(NC)ncnc1N(C)C1CCCCC1. The number of hydrogen-bond donors (Lipinski definition) is 1. The third-order valence-corrected chi connectivity index (χ3v) is 3.97. The van der Waals surface area contributed by atoms with Gasteiger partial charge in [-0.2, -0.15) is 0 Å². The Morgan fingerprint density at radius 2 is 2.00 bits per heavy atom. The fourth-order valence-corrected chi connectivity index (χ4v) is 2.89. The fourth-order valence-electron chi connectivity index (χ4n) is 2.89. The van der Waals surface area contributed by atoms with Crippen LogP contribution in [0.25, 0.3) is 0 Å². The molecule has 0 bridgehead atoms. The molecule has 0 unspecified atom stereocenters. The average molecular weight is 248 g/mol. The van der Waals surface area contributed by atoms with Gasteiger partial charge in [0.25, 0.3) is 0 Å². The minimum Gasteiger partial charge on any atom is -0.373 e. The molecule has 18 heavy (non-hydrogen) atoms. The Bertz CT molecular complexity index is 385. The lowest BCUT2D eigenvalue weighted by Crippen LogP contribution is -2.34. The predicted molar refractivity (Wildman–Crippen MR) is 76.2 cm³/mol. The van der Waals surface area contributed by atoms with Crippen molar-refractivity contribution in [2.45, 2.75) is 51.5 Å². The largest absolute Gasteiger partial charge is 0.373 e. The van der Waals surface area contributed by atoms with Gasteiger partial charge in [0, 0.05) is 25.7 Å². The van der Waals surface area contributed by atoms with E-state index in [1.807, 2.05) is 7.05 Å². The van der Waals surface area contributed by atoms with Crippen molar-refractivity contribution in [2.24, 2.45) is 0 Å². The highest BCUT2D eigenvalue weighted by Crippen LogP contribution is 2.29. The van der Waals surface area contributed by atoms with Gasteiger partial charge in [0.2, 0.25) is 0 Å². The highest BCUT2D eigenvalue weighted by atomic mass is 15.2. The number of nitrogens with zero attached hydrogens (tertiary/aromatic N) is 3. The highest BCUT2D eigenvalue weighted by Gasteiger charge is 2.22. The molecule has 0 aliphatic heterocycles. The van der Waals surface area contributed by atoms with E-state index in [9.17, 15) is 0 Å². The zero-order chi connectivity index (χ0) is 13.0. The van der Waals surface area contributed by atoms with Gasteiger partial charge in [-0.3, -0.25) is 0 Å². The van der Waals surface area contributed by atoms with Crippen LogP contribution in [0.5, 0.6) is 0 Å². The number of nitrogens with one attached hydrogen (secondary N) is 1. The van der Waals surface area contributed by atoms with Crippen LogP contribution in [0.15, 0.2) is 6.33 Å². The number of aromatic nitrogens is 2. The maximum Gasteiger partial charge on any atom is 0.137 e. The van der Waals surface area contributed by atoms with Crippen LogP contribution in [0.3, 0.4) is 0 Å². The smallest absolute Gasteiger partial charge is 0.137 e. The zero-order valence-corrected chi connectivity index (χ0v) is 11.7. The van der Waals surface area contributed by atoms with Crippen molar-refractivity contribution in [1.29, 1.82) is 0 Å². The molecule has 0 atom stereocenters. The third kappa shape index (κ3) is 2.57. The summed E-state index contributed by atoms with van der Waals surface area (Å²) in [6.07, 6.45) is 9.29. The Kier molecular flexibility index (Phi) is 4.39. The molecule has 0 spiro atoms. The van der Waals surface area contributed by atoms with E-state index < -0.39 is 0 Å². The molecule has 0 amide bonds. The molecular formula is C14H24N4. The van der Waals surface area contributed by atoms with Crippen molar-refractivity contribution in [3.63, 3.8) is 0 Å². The van der Waals surface area contributed by atoms with E-state index >= 15 is 0 Å². The Hall–Kier alpha value is -1.32. The molecule has 4 heteroatoms. The minimum atomic E-state index is 0.642. The maximum absolute atomic E-state index is 4.51. The van der Waals surface area contributed by atoms with Gasteiger partial charge in [0.1, 0.15) is 18.0 Å². The molecule has 1 N–H and O–H groups in total. The first-order valence-corrected chi connectivity index (χ1v) is 7.02. The third-order valence-electron chi connectivity index (χ3n) is 3.97. The monoisotopic (exact) mass is 248 g/mol. The van der Waals surface area contributed by atoms with E-state index in [-0.39, 0.29) is 0 Å². The van der Waals surface area contributed by atoms with Gasteiger partial charge in [0.15, 0.2) is 0 Å². The van der Waals surface area contributed by atoms with Gasteiger partial charge in [-0.1, -0.05) is 26.2 Å². The van der Waals surface area contributed by atoms with Crippen LogP contribution in [0, 0.1) is 0 Å². The maximum atomic E-state index is 4.51. The van der Waals surface area contributed by atoms with Gasteiger partial charge in [-0.05, 0) is 19.3 Å². The summed E-state index contributed by atoms with van der Waals surface area (Å²) >= 11 is 0. The van der Waals surface area contributed by atoms with E-state index in [0.29, 0.717) is 6.04 Å². The molecule has 1 aromatic heterocycles. The van der Waals surface area contributed by atoms with Crippen molar-refractivity contribution in [3.05, 3.63) is 11.9 Å². The predicted octanol–water partition coefficient (Wildman–Crippen LogP) is 2.85. The molecule has 100 valence electrons. The molecule has 4 nitrogen and oxygen atoms in total. The van der Waals surface area contributed by atoms with Crippen molar-refractivity contribution in [1.82, 2.24) is 9.97 Å². The Balaban J connectivity index is 2.25. The fraction of sp³-hybridized carbons (Fsp3) is 0.714. The lowest BCUT2D eigenvalue weighted by atomic mass is 9.94. The quantitative estimate of drug-likeness (QED) is 0.889. The van der Waals surface area contributed by atoms with E-state index in [1.165, 1.54) is 37.7 Å². The van der Waals surface area contributed by atoms with Crippen LogP contribution in [-0.2, 0) is 6.42 Å². The van der Waals surface area contributed by atoms with Gasteiger partial charge < -0.3 is 10.2 Å². The minimum absolute atomic E-state index is 0.642. The first kappa shape index (κ1) is 13.1. The topological polar surface area (TPSA) is 41.1 Å². The Morgan fingerprint density at radius 1 is 1.28 bits per heavy atom. The Labute approximate surface area is 110 Å². The van der Waals surface area contributed by atoms with Crippen molar-refractivity contribution >= 4 is 11.6 Å². The van der Waals surface area contributed by atoms with E-state index in [1.54, 1.807) is 6.33 Å². The van der Waals surface area contributed by atoms with Gasteiger partial charge in [-0.15, -0.1) is 0 Å². The molecule has 1 fully saturated rings. The molecule has 1 aromatic rings. The van der Waals surface area contributed by atoms with Crippen molar-refractivity contribution in [2.75, 3.05) is 24.3 Å². The summed E-state index contributed by atoms with van der Waals surface area (Å²) in [4.78, 5) is 11.2. The van der Waals surface area contributed by atoms with Crippen LogP contribution < -0.4 is 10.2 Å². The summed E-state index contributed by atoms with van der Waals surface area (Å²) in [6, 6.07) is 0.642. The lowest BCUT2D eigenvalue weighted by molar-refractivity contribution is 0.425. The lowest BCUT2D eigenvalue weighted by Gasteiger charge is -2.33.